The fourth-order valence-electron chi connectivity index (χ4n) is 1.57. The summed E-state index contributed by atoms with van der Waals surface area (Å²) in [5.74, 6) is 0.638. The van der Waals surface area contributed by atoms with Gasteiger partial charge in [0.1, 0.15) is 5.75 Å². The largest absolute Gasteiger partial charge is 0.497 e. The Balaban J connectivity index is 2.06. The predicted octanol–water partition coefficient (Wildman–Crippen LogP) is 4.02. The molecule has 19 heavy (non-hydrogen) atoms. The van der Waals surface area contributed by atoms with Gasteiger partial charge in [-0.2, -0.15) is 0 Å². The molecule has 0 N–H and O–H groups in total. The fraction of sp³-hybridized carbons (Fsp3) is 0.133. The first-order valence-electron chi connectivity index (χ1n) is 5.75. The summed E-state index contributed by atoms with van der Waals surface area (Å²) in [6, 6.07) is 15.5. The number of rotatable bonds is 4. The second-order valence-electron chi connectivity index (χ2n) is 3.87. The van der Waals surface area contributed by atoms with Crippen LogP contribution in [0.2, 0.25) is 0 Å². The van der Waals surface area contributed by atoms with E-state index in [1.807, 2.05) is 18.2 Å². The standard InChI is InChI=1S/C15H13FO2S/c1-18-12-9-7-11(8-10-12)14(16)15(17)19-13-5-3-2-4-6-13/h2-10,14H,1H3/t14-/m1/s1. The van der Waals surface area contributed by atoms with Gasteiger partial charge in [0.2, 0.25) is 5.12 Å². The maximum atomic E-state index is 14.0. The van der Waals surface area contributed by atoms with Gasteiger partial charge in [0, 0.05) is 4.90 Å². The Morgan fingerprint density at radius 3 is 2.32 bits per heavy atom. The normalized spacial score (nSPS) is 11.9. The fourth-order valence-corrected chi connectivity index (χ4v) is 2.33. The minimum absolute atomic E-state index is 0.342. The summed E-state index contributed by atoms with van der Waals surface area (Å²) in [5.41, 5.74) is 0.342. The monoisotopic (exact) mass is 276 g/mol. The summed E-state index contributed by atoms with van der Waals surface area (Å²) in [5, 5.41) is -0.517. The molecule has 0 amide bonds. The molecule has 0 aliphatic carbocycles. The van der Waals surface area contributed by atoms with Gasteiger partial charge in [0.15, 0.2) is 6.17 Å². The molecule has 2 aromatic rings. The molecule has 2 rings (SSSR count). The van der Waals surface area contributed by atoms with Gasteiger partial charge in [-0.15, -0.1) is 0 Å². The van der Waals surface area contributed by atoms with E-state index in [0.717, 1.165) is 16.7 Å². The molecule has 0 aliphatic rings. The number of alkyl halides is 1. The molecule has 0 saturated heterocycles. The van der Waals surface area contributed by atoms with E-state index in [2.05, 4.69) is 0 Å². The van der Waals surface area contributed by atoms with Gasteiger partial charge in [0.05, 0.1) is 7.11 Å². The highest BCUT2D eigenvalue weighted by atomic mass is 32.2. The van der Waals surface area contributed by atoms with Crippen LogP contribution in [0.4, 0.5) is 4.39 Å². The molecule has 2 nitrogen and oxygen atoms in total. The van der Waals surface area contributed by atoms with E-state index in [4.69, 9.17) is 4.74 Å². The van der Waals surface area contributed by atoms with Crippen molar-refractivity contribution in [2.24, 2.45) is 0 Å². The van der Waals surface area contributed by atoms with Gasteiger partial charge in [-0.05, 0) is 41.6 Å². The minimum Gasteiger partial charge on any atom is -0.497 e. The van der Waals surface area contributed by atoms with Crippen LogP contribution in [0.3, 0.4) is 0 Å². The number of carbonyl (C=O) groups is 1. The summed E-state index contributed by atoms with van der Waals surface area (Å²) < 4.78 is 19.0. The molecule has 0 saturated carbocycles. The average molecular weight is 276 g/mol. The van der Waals surface area contributed by atoms with E-state index < -0.39 is 11.3 Å². The molecule has 0 spiro atoms. The van der Waals surface area contributed by atoms with Crippen LogP contribution in [0.1, 0.15) is 11.7 Å². The van der Waals surface area contributed by atoms with Crippen molar-refractivity contribution in [1.29, 1.82) is 0 Å². The van der Waals surface area contributed by atoms with Crippen molar-refractivity contribution in [3.05, 3.63) is 60.2 Å². The van der Waals surface area contributed by atoms with E-state index in [-0.39, 0.29) is 0 Å². The quantitative estimate of drug-likeness (QED) is 0.789. The zero-order valence-electron chi connectivity index (χ0n) is 10.4. The summed E-state index contributed by atoms with van der Waals surface area (Å²) in [4.78, 5) is 12.6. The lowest BCUT2D eigenvalue weighted by Crippen LogP contribution is -2.03. The predicted molar refractivity (Wildman–Crippen MR) is 74.1 cm³/mol. The SMILES string of the molecule is COc1ccc([C@@H](F)C(=O)Sc2ccccc2)cc1. The summed E-state index contributed by atoms with van der Waals surface area (Å²) in [6.07, 6.45) is -1.63. The van der Waals surface area contributed by atoms with Crippen molar-refractivity contribution in [2.75, 3.05) is 7.11 Å². The Morgan fingerprint density at radius 2 is 1.74 bits per heavy atom. The minimum atomic E-state index is -1.63. The Kier molecular flexibility index (Phi) is 4.58. The van der Waals surface area contributed by atoms with Crippen molar-refractivity contribution >= 4 is 16.9 Å². The molecular formula is C15H13FO2S. The van der Waals surface area contributed by atoms with Crippen LogP contribution >= 0.6 is 11.8 Å². The zero-order valence-corrected chi connectivity index (χ0v) is 11.2. The number of thioether (sulfide) groups is 1. The van der Waals surface area contributed by atoms with Gasteiger partial charge in [0.25, 0.3) is 0 Å². The topological polar surface area (TPSA) is 26.3 Å². The molecule has 0 heterocycles. The molecule has 0 radical (unpaired) electrons. The molecule has 0 bridgehead atoms. The number of hydrogen-bond donors (Lipinski definition) is 0. The Bertz CT molecular complexity index is 540. The van der Waals surface area contributed by atoms with Crippen molar-refractivity contribution in [3.63, 3.8) is 0 Å². The van der Waals surface area contributed by atoms with Crippen LogP contribution in [0.15, 0.2) is 59.5 Å². The highest BCUT2D eigenvalue weighted by Gasteiger charge is 2.20. The van der Waals surface area contributed by atoms with Crippen molar-refractivity contribution in [3.8, 4) is 5.75 Å². The van der Waals surface area contributed by atoms with Crippen molar-refractivity contribution < 1.29 is 13.9 Å². The van der Waals surface area contributed by atoms with Gasteiger partial charge < -0.3 is 4.74 Å². The Labute approximate surface area is 115 Å². The van der Waals surface area contributed by atoms with Crippen LogP contribution in [-0.2, 0) is 4.79 Å². The molecular weight excluding hydrogens is 263 g/mol. The lowest BCUT2D eigenvalue weighted by atomic mass is 10.1. The Hall–Kier alpha value is -1.81. The number of benzene rings is 2. The van der Waals surface area contributed by atoms with E-state index in [1.54, 1.807) is 43.5 Å². The number of halogens is 1. The van der Waals surface area contributed by atoms with Crippen LogP contribution in [0.5, 0.6) is 5.75 Å². The first kappa shape index (κ1) is 13.6. The van der Waals surface area contributed by atoms with Gasteiger partial charge in [-0.1, -0.05) is 30.3 Å². The highest BCUT2D eigenvalue weighted by Crippen LogP contribution is 2.29. The second-order valence-corrected chi connectivity index (χ2v) is 4.95. The number of carbonyl (C=O) groups excluding carboxylic acids is 1. The van der Waals surface area contributed by atoms with Gasteiger partial charge in [-0.3, -0.25) is 4.79 Å². The third kappa shape index (κ3) is 3.58. The second kappa shape index (κ2) is 6.38. The van der Waals surface area contributed by atoms with E-state index >= 15 is 0 Å². The lowest BCUT2D eigenvalue weighted by molar-refractivity contribution is -0.115. The number of hydrogen-bond acceptors (Lipinski definition) is 3. The van der Waals surface area contributed by atoms with Crippen LogP contribution in [-0.4, -0.2) is 12.2 Å². The van der Waals surface area contributed by atoms with E-state index in [1.165, 1.54) is 0 Å². The zero-order chi connectivity index (χ0) is 13.7. The third-order valence-corrected chi connectivity index (χ3v) is 3.49. The first-order valence-corrected chi connectivity index (χ1v) is 6.57. The number of ether oxygens (including phenoxy) is 1. The lowest BCUT2D eigenvalue weighted by Gasteiger charge is -2.08. The van der Waals surface area contributed by atoms with Crippen LogP contribution in [0, 0.1) is 0 Å². The maximum Gasteiger partial charge on any atom is 0.232 e. The molecule has 0 aliphatic heterocycles. The molecule has 2 aromatic carbocycles. The Morgan fingerprint density at radius 1 is 1.11 bits per heavy atom. The molecule has 0 aromatic heterocycles. The molecule has 98 valence electrons. The third-order valence-electron chi connectivity index (χ3n) is 2.58. The van der Waals surface area contributed by atoms with Gasteiger partial charge in [-0.25, -0.2) is 4.39 Å². The highest BCUT2D eigenvalue weighted by molar-refractivity contribution is 8.13. The van der Waals surface area contributed by atoms with E-state index in [9.17, 15) is 9.18 Å². The summed E-state index contributed by atoms with van der Waals surface area (Å²) >= 11 is 0.911. The number of methoxy groups -OCH3 is 1. The average Bonchev–Trinajstić information content (AvgIpc) is 2.47. The molecule has 1 atom stereocenters. The molecule has 0 fully saturated rings. The maximum absolute atomic E-state index is 14.0. The van der Waals surface area contributed by atoms with Crippen molar-refractivity contribution in [1.82, 2.24) is 0 Å². The summed E-state index contributed by atoms with van der Waals surface area (Å²) in [6.45, 7) is 0. The van der Waals surface area contributed by atoms with Crippen molar-refractivity contribution in [2.45, 2.75) is 11.1 Å². The van der Waals surface area contributed by atoms with Crippen LogP contribution in [0.25, 0.3) is 0 Å². The molecule has 0 unspecified atom stereocenters. The van der Waals surface area contributed by atoms with Crippen LogP contribution < -0.4 is 4.74 Å². The molecule has 4 heteroatoms. The summed E-state index contributed by atoms with van der Waals surface area (Å²) in [7, 11) is 1.54. The first-order chi connectivity index (χ1) is 9.20. The smallest absolute Gasteiger partial charge is 0.232 e. The van der Waals surface area contributed by atoms with E-state index in [0.29, 0.717) is 11.3 Å². The van der Waals surface area contributed by atoms with Gasteiger partial charge >= 0.3 is 0 Å².